The van der Waals surface area contributed by atoms with Crippen LogP contribution in [-0.4, -0.2) is 19.2 Å². The fourth-order valence-electron chi connectivity index (χ4n) is 1.11. The number of nitrogens with one attached hydrogen (secondary N) is 1. The molecule has 0 aliphatic rings. The molecular weight excluding hydrogens is 340 g/mol. The van der Waals surface area contributed by atoms with Gasteiger partial charge < -0.3 is 15.8 Å². The third kappa shape index (κ3) is 4.96. The molecule has 0 bridgehead atoms. The highest BCUT2D eigenvalue weighted by Gasteiger charge is 1.98. The first-order valence-corrected chi connectivity index (χ1v) is 6.25. The predicted octanol–water partition coefficient (Wildman–Crippen LogP) is 2.40. The summed E-state index contributed by atoms with van der Waals surface area (Å²) < 4.78 is 6.62. The Balaban J connectivity index is 2.27. The molecule has 0 unspecified atom stereocenters. The van der Waals surface area contributed by atoms with Crippen LogP contribution in [0.2, 0.25) is 0 Å². The van der Waals surface area contributed by atoms with Crippen LogP contribution in [0, 0.1) is 0 Å². The van der Waals surface area contributed by atoms with Crippen molar-refractivity contribution in [3.8, 4) is 0 Å². The fourth-order valence-corrected chi connectivity index (χ4v) is 1.78. The Morgan fingerprint density at radius 2 is 2.12 bits per heavy atom. The van der Waals surface area contributed by atoms with E-state index in [9.17, 15) is 4.79 Å². The maximum atomic E-state index is 10.3. The Bertz CT molecular complexity index is 372. The van der Waals surface area contributed by atoms with Crippen molar-refractivity contribution in [2.45, 2.75) is 6.54 Å². The number of amides is 1. The lowest BCUT2D eigenvalue weighted by Crippen LogP contribution is -2.23. The van der Waals surface area contributed by atoms with Gasteiger partial charge in [-0.1, -0.05) is 6.07 Å². The summed E-state index contributed by atoms with van der Waals surface area (Å²) in [6, 6.07) is 6.00. The van der Waals surface area contributed by atoms with E-state index in [1.165, 1.54) is 0 Å². The van der Waals surface area contributed by atoms with Gasteiger partial charge in [0.25, 0.3) is 0 Å². The normalized spacial score (nSPS) is 10.1. The summed E-state index contributed by atoms with van der Waals surface area (Å²) in [5.74, 6) is 0. The van der Waals surface area contributed by atoms with E-state index in [0.29, 0.717) is 13.1 Å². The van der Waals surface area contributed by atoms with E-state index in [0.717, 1.165) is 14.5 Å². The third-order valence-electron chi connectivity index (χ3n) is 1.84. The zero-order valence-electron chi connectivity index (χ0n) is 8.50. The lowest BCUT2D eigenvalue weighted by atomic mass is 10.2. The second-order valence-corrected chi connectivity index (χ2v) is 4.80. The van der Waals surface area contributed by atoms with E-state index < -0.39 is 6.09 Å². The first-order chi connectivity index (χ1) is 7.59. The summed E-state index contributed by atoms with van der Waals surface area (Å²) in [7, 11) is 0. The zero-order valence-corrected chi connectivity index (χ0v) is 11.7. The molecule has 1 amide bonds. The maximum absolute atomic E-state index is 10.3. The average Bonchev–Trinajstić information content (AvgIpc) is 2.22. The number of carbonyl (C=O) groups excluding carboxylic acids is 1. The minimum atomic E-state index is -0.742. The molecule has 1 aromatic carbocycles. The van der Waals surface area contributed by atoms with Crippen LogP contribution < -0.4 is 11.1 Å². The molecular formula is C10H12Br2N2O2. The van der Waals surface area contributed by atoms with Crippen molar-refractivity contribution < 1.29 is 9.53 Å². The molecule has 0 atom stereocenters. The standard InChI is InChI=1S/C10H12Br2N2O2/c11-8-2-1-7(5-9(8)12)6-14-3-4-16-10(13)15/h1-2,5,14H,3-4,6H2,(H2,13,15). The van der Waals surface area contributed by atoms with E-state index in [1.54, 1.807) is 0 Å². The van der Waals surface area contributed by atoms with Crippen LogP contribution in [0.25, 0.3) is 0 Å². The van der Waals surface area contributed by atoms with Crippen molar-refractivity contribution >= 4 is 38.0 Å². The van der Waals surface area contributed by atoms with Crippen molar-refractivity contribution in [3.05, 3.63) is 32.7 Å². The third-order valence-corrected chi connectivity index (χ3v) is 3.72. The molecule has 0 aliphatic heterocycles. The van der Waals surface area contributed by atoms with Crippen molar-refractivity contribution in [3.63, 3.8) is 0 Å². The van der Waals surface area contributed by atoms with Crippen LogP contribution in [0.4, 0.5) is 4.79 Å². The van der Waals surface area contributed by atoms with E-state index in [1.807, 2.05) is 18.2 Å². The van der Waals surface area contributed by atoms with Crippen LogP contribution in [-0.2, 0) is 11.3 Å². The number of ether oxygens (including phenoxy) is 1. The quantitative estimate of drug-likeness (QED) is 0.800. The Morgan fingerprint density at radius 1 is 1.38 bits per heavy atom. The molecule has 0 aromatic heterocycles. The zero-order chi connectivity index (χ0) is 12.0. The van der Waals surface area contributed by atoms with Crippen molar-refractivity contribution in [1.29, 1.82) is 0 Å². The molecule has 88 valence electrons. The SMILES string of the molecule is NC(=O)OCCNCc1ccc(Br)c(Br)c1. The molecule has 0 aliphatic carbocycles. The molecule has 0 spiro atoms. The lowest BCUT2D eigenvalue weighted by Gasteiger charge is -2.06. The first kappa shape index (κ1) is 13.5. The second kappa shape index (κ2) is 6.88. The van der Waals surface area contributed by atoms with Gasteiger partial charge in [0.15, 0.2) is 0 Å². The van der Waals surface area contributed by atoms with E-state index in [4.69, 9.17) is 5.73 Å². The number of hydrogen-bond acceptors (Lipinski definition) is 3. The fraction of sp³-hybridized carbons (Fsp3) is 0.300. The monoisotopic (exact) mass is 350 g/mol. The Labute approximate surface area is 111 Å². The summed E-state index contributed by atoms with van der Waals surface area (Å²) in [4.78, 5) is 10.3. The highest BCUT2D eigenvalue weighted by atomic mass is 79.9. The van der Waals surface area contributed by atoms with E-state index in [-0.39, 0.29) is 6.61 Å². The summed E-state index contributed by atoms with van der Waals surface area (Å²) in [6.07, 6.45) is -0.742. The van der Waals surface area contributed by atoms with Gasteiger partial charge in [0.05, 0.1) is 0 Å². The first-order valence-electron chi connectivity index (χ1n) is 4.66. The number of halogens is 2. The molecule has 0 radical (unpaired) electrons. The number of nitrogens with two attached hydrogens (primary N) is 1. The highest BCUT2D eigenvalue weighted by molar-refractivity contribution is 9.13. The summed E-state index contributed by atoms with van der Waals surface area (Å²) in [5.41, 5.74) is 5.97. The molecule has 6 heteroatoms. The van der Waals surface area contributed by atoms with Gasteiger partial charge in [0.1, 0.15) is 6.61 Å². The van der Waals surface area contributed by atoms with Gasteiger partial charge >= 0.3 is 6.09 Å². The average molecular weight is 352 g/mol. The van der Waals surface area contributed by atoms with Gasteiger partial charge in [-0.05, 0) is 49.6 Å². The molecule has 0 saturated carbocycles. The molecule has 3 N–H and O–H groups in total. The topological polar surface area (TPSA) is 64.4 Å². The summed E-state index contributed by atoms with van der Waals surface area (Å²) in [5, 5.41) is 3.13. The van der Waals surface area contributed by atoms with Crippen LogP contribution in [0.1, 0.15) is 5.56 Å². The minimum absolute atomic E-state index is 0.285. The molecule has 4 nitrogen and oxygen atoms in total. The molecule has 1 aromatic rings. The second-order valence-electron chi connectivity index (χ2n) is 3.09. The van der Waals surface area contributed by atoms with Crippen molar-refractivity contribution in [2.75, 3.05) is 13.2 Å². The highest BCUT2D eigenvalue weighted by Crippen LogP contribution is 2.23. The van der Waals surface area contributed by atoms with E-state index in [2.05, 4.69) is 41.9 Å². The van der Waals surface area contributed by atoms with Crippen LogP contribution in [0.15, 0.2) is 27.1 Å². The number of hydrogen-bond donors (Lipinski definition) is 2. The summed E-state index contributed by atoms with van der Waals surface area (Å²) in [6.45, 7) is 1.58. The number of benzene rings is 1. The van der Waals surface area contributed by atoms with Crippen LogP contribution >= 0.6 is 31.9 Å². The van der Waals surface area contributed by atoms with Gasteiger partial charge in [0.2, 0.25) is 0 Å². The van der Waals surface area contributed by atoms with Gasteiger partial charge in [-0.25, -0.2) is 4.79 Å². The number of primary amides is 1. The molecule has 0 saturated heterocycles. The molecule has 0 fully saturated rings. The minimum Gasteiger partial charge on any atom is -0.448 e. The van der Waals surface area contributed by atoms with Gasteiger partial charge in [-0.3, -0.25) is 0 Å². The Kier molecular flexibility index (Phi) is 5.79. The van der Waals surface area contributed by atoms with Gasteiger partial charge in [0, 0.05) is 22.0 Å². The van der Waals surface area contributed by atoms with Gasteiger partial charge in [-0.15, -0.1) is 0 Å². The largest absolute Gasteiger partial charge is 0.448 e. The Hall–Kier alpha value is -0.590. The molecule has 16 heavy (non-hydrogen) atoms. The smallest absolute Gasteiger partial charge is 0.404 e. The van der Waals surface area contributed by atoms with E-state index >= 15 is 0 Å². The summed E-state index contributed by atoms with van der Waals surface area (Å²) >= 11 is 6.83. The molecule has 0 heterocycles. The number of rotatable bonds is 5. The maximum Gasteiger partial charge on any atom is 0.404 e. The lowest BCUT2D eigenvalue weighted by molar-refractivity contribution is 0.157. The van der Waals surface area contributed by atoms with Crippen molar-refractivity contribution in [1.82, 2.24) is 5.32 Å². The number of carbonyl (C=O) groups is 1. The van der Waals surface area contributed by atoms with Gasteiger partial charge in [-0.2, -0.15) is 0 Å². The van der Waals surface area contributed by atoms with Crippen LogP contribution in [0.5, 0.6) is 0 Å². The molecule has 1 rings (SSSR count). The predicted molar refractivity (Wildman–Crippen MR) is 69.1 cm³/mol. The van der Waals surface area contributed by atoms with Crippen LogP contribution in [0.3, 0.4) is 0 Å². The van der Waals surface area contributed by atoms with Crippen molar-refractivity contribution in [2.24, 2.45) is 5.73 Å². The Morgan fingerprint density at radius 3 is 2.75 bits per heavy atom.